The Hall–Kier alpha value is -2.86. The second-order valence-electron chi connectivity index (χ2n) is 6.10. The van der Waals surface area contributed by atoms with Gasteiger partial charge < -0.3 is 10.2 Å². The molecule has 0 atom stereocenters. The fraction of sp³-hybridized carbons (Fsp3) is 0.158. The van der Waals surface area contributed by atoms with Crippen LogP contribution in [-0.2, 0) is 13.1 Å². The second-order valence-corrected chi connectivity index (χ2v) is 6.53. The first-order valence-electron chi connectivity index (χ1n) is 8.22. The lowest BCUT2D eigenvalue weighted by Gasteiger charge is -2.28. The highest BCUT2D eigenvalue weighted by molar-refractivity contribution is 6.30. The number of rotatable bonds is 2. The summed E-state index contributed by atoms with van der Waals surface area (Å²) < 4.78 is 15.1. The first-order valence-corrected chi connectivity index (χ1v) is 8.60. The van der Waals surface area contributed by atoms with Gasteiger partial charge in [0, 0.05) is 22.8 Å². The normalized spacial score (nSPS) is 13.4. The van der Waals surface area contributed by atoms with Crippen molar-refractivity contribution in [2.45, 2.75) is 13.1 Å². The molecule has 0 bridgehead atoms. The number of hydrogen-bond acceptors (Lipinski definition) is 2. The molecule has 0 fully saturated rings. The highest BCUT2D eigenvalue weighted by Gasteiger charge is 2.24. The van der Waals surface area contributed by atoms with Gasteiger partial charge in [0.1, 0.15) is 5.82 Å². The molecule has 2 amide bonds. The van der Waals surface area contributed by atoms with Gasteiger partial charge in [0.25, 0.3) is 0 Å². The molecule has 0 radical (unpaired) electrons. The van der Waals surface area contributed by atoms with Crippen molar-refractivity contribution in [1.82, 2.24) is 14.7 Å². The van der Waals surface area contributed by atoms with Crippen molar-refractivity contribution in [1.29, 1.82) is 0 Å². The van der Waals surface area contributed by atoms with E-state index in [9.17, 15) is 9.18 Å². The minimum absolute atomic E-state index is 0.190. The molecule has 5 nitrogen and oxygen atoms in total. The van der Waals surface area contributed by atoms with E-state index in [1.165, 1.54) is 12.1 Å². The molecule has 4 rings (SSSR count). The van der Waals surface area contributed by atoms with Gasteiger partial charge in [0.05, 0.1) is 25.0 Å². The molecular weight excluding hydrogens is 355 g/mol. The lowest BCUT2D eigenvalue weighted by atomic mass is 10.1. The van der Waals surface area contributed by atoms with Crippen LogP contribution in [0, 0.1) is 5.82 Å². The van der Waals surface area contributed by atoms with Crippen molar-refractivity contribution < 1.29 is 9.18 Å². The molecule has 2 aromatic carbocycles. The quantitative estimate of drug-likeness (QED) is 0.727. The second kappa shape index (κ2) is 6.80. The van der Waals surface area contributed by atoms with Crippen LogP contribution < -0.4 is 5.32 Å². The van der Waals surface area contributed by atoms with Gasteiger partial charge in [0.2, 0.25) is 0 Å². The van der Waals surface area contributed by atoms with E-state index in [1.807, 2.05) is 4.68 Å². The summed E-state index contributed by atoms with van der Waals surface area (Å²) in [6.07, 6.45) is 1.76. The van der Waals surface area contributed by atoms with E-state index < -0.39 is 0 Å². The highest BCUT2D eigenvalue weighted by atomic mass is 35.5. The summed E-state index contributed by atoms with van der Waals surface area (Å²) in [6.45, 7) is 1.60. The van der Waals surface area contributed by atoms with E-state index in [0.717, 1.165) is 16.8 Å². The van der Waals surface area contributed by atoms with Crippen molar-refractivity contribution in [3.8, 4) is 11.1 Å². The Balaban J connectivity index is 1.54. The summed E-state index contributed by atoms with van der Waals surface area (Å²) >= 11 is 5.96. The standard InChI is InChI=1S/C19H16ClFN4O/c20-14-2-1-3-16(10-14)23-19(26)24-8-9-25-18(12-24)17(11-22-25)13-4-6-15(21)7-5-13/h1-7,10-11H,8-9,12H2,(H,23,26). The van der Waals surface area contributed by atoms with Gasteiger partial charge >= 0.3 is 6.03 Å². The molecule has 7 heteroatoms. The van der Waals surface area contributed by atoms with E-state index in [-0.39, 0.29) is 11.8 Å². The zero-order valence-electron chi connectivity index (χ0n) is 13.8. The molecule has 0 saturated carbocycles. The van der Waals surface area contributed by atoms with Crippen LogP contribution >= 0.6 is 11.6 Å². The highest BCUT2D eigenvalue weighted by Crippen LogP contribution is 2.27. The third-order valence-corrected chi connectivity index (χ3v) is 4.62. The zero-order chi connectivity index (χ0) is 18.1. The Morgan fingerprint density at radius 3 is 2.73 bits per heavy atom. The minimum atomic E-state index is -0.280. The Labute approximate surface area is 155 Å². The maximum Gasteiger partial charge on any atom is 0.322 e. The fourth-order valence-corrected chi connectivity index (χ4v) is 3.25. The van der Waals surface area contributed by atoms with Crippen LogP contribution in [0.5, 0.6) is 0 Å². The van der Waals surface area contributed by atoms with E-state index in [0.29, 0.717) is 30.3 Å². The van der Waals surface area contributed by atoms with Crippen molar-refractivity contribution in [3.05, 3.63) is 71.3 Å². The molecule has 1 aromatic heterocycles. The summed E-state index contributed by atoms with van der Waals surface area (Å²) in [5, 5.41) is 7.83. The number of nitrogens with zero attached hydrogens (tertiary/aromatic N) is 3. The molecule has 0 spiro atoms. The van der Waals surface area contributed by atoms with Crippen molar-refractivity contribution in [2.24, 2.45) is 0 Å². The van der Waals surface area contributed by atoms with Crippen molar-refractivity contribution in [2.75, 3.05) is 11.9 Å². The number of anilines is 1. The first-order chi connectivity index (χ1) is 12.6. The average Bonchev–Trinajstić information content (AvgIpc) is 3.05. The first kappa shape index (κ1) is 16.6. The lowest BCUT2D eigenvalue weighted by Crippen LogP contribution is -2.41. The molecule has 26 heavy (non-hydrogen) atoms. The Bertz CT molecular complexity index is 954. The van der Waals surface area contributed by atoms with E-state index >= 15 is 0 Å². The van der Waals surface area contributed by atoms with Crippen LogP contribution in [0.2, 0.25) is 5.02 Å². The van der Waals surface area contributed by atoms with Gasteiger partial charge in [-0.05, 0) is 35.9 Å². The number of fused-ring (bicyclic) bond motifs is 1. The predicted molar refractivity (Wildman–Crippen MR) is 98.5 cm³/mol. The smallest absolute Gasteiger partial charge is 0.317 e. The predicted octanol–water partition coefficient (Wildman–Crippen LogP) is 4.39. The average molecular weight is 371 g/mol. The number of urea groups is 1. The van der Waals surface area contributed by atoms with Crippen LogP contribution in [-0.4, -0.2) is 27.3 Å². The monoisotopic (exact) mass is 370 g/mol. The maximum absolute atomic E-state index is 13.2. The molecule has 1 aliphatic heterocycles. The molecule has 0 aliphatic carbocycles. The molecule has 2 heterocycles. The Kier molecular flexibility index (Phi) is 4.34. The third-order valence-electron chi connectivity index (χ3n) is 4.39. The van der Waals surface area contributed by atoms with Crippen LogP contribution in [0.3, 0.4) is 0 Å². The number of hydrogen-bond donors (Lipinski definition) is 1. The number of carbonyl (C=O) groups excluding carboxylic acids is 1. The summed E-state index contributed by atoms with van der Waals surface area (Å²) in [5.74, 6) is -0.280. The SMILES string of the molecule is O=C(Nc1cccc(Cl)c1)N1CCn2ncc(-c3ccc(F)cc3)c2C1. The lowest BCUT2D eigenvalue weighted by molar-refractivity contribution is 0.194. The molecular formula is C19H16ClFN4O. The molecule has 0 unspecified atom stereocenters. The molecule has 1 N–H and O–H groups in total. The van der Waals surface area contributed by atoms with Crippen LogP contribution in [0.1, 0.15) is 5.69 Å². The van der Waals surface area contributed by atoms with E-state index in [4.69, 9.17) is 11.6 Å². The molecule has 132 valence electrons. The van der Waals surface area contributed by atoms with Crippen molar-refractivity contribution >= 4 is 23.3 Å². The number of halogens is 2. The Morgan fingerprint density at radius 2 is 1.96 bits per heavy atom. The topological polar surface area (TPSA) is 50.2 Å². The van der Waals surface area contributed by atoms with Gasteiger partial charge in [-0.1, -0.05) is 29.8 Å². The fourth-order valence-electron chi connectivity index (χ4n) is 3.06. The van der Waals surface area contributed by atoms with Crippen LogP contribution in [0.4, 0.5) is 14.9 Å². The number of aromatic nitrogens is 2. The Morgan fingerprint density at radius 1 is 1.15 bits per heavy atom. The largest absolute Gasteiger partial charge is 0.322 e. The van der Waals surface area contributed by atoms with E-state index in [1.54, 1.807) is 47.5 Å². The third kappa shape index (κ3) is 3.28. The maximum atomic E-state index is 13.2. The summed E-state index contributed by atoms with van der Waals surface area (Å²) in [6, 6.07) is 13.1. The van der Waals surface area contributed by atoms with Crippen LogP contribution in [0.15, 0.2) is 54.7 Å². The number of carbonyl (C=O) groups is 1. The zero-order valence-corrected chi connectivity index (χ0v) is 14.6. The molecule has 0 saturated heterocycles. The minimum Gasteiger partial charge on any atom is -0.317 e. The molecule has 1 aliphatic rings. The summed E-state index contributed by atoms with van der Waals surface area (Å²) in [7, 11) is 0. The van der Waals surface area contributed by atoms with Gasteiger partial charge in [-0.3, -0.25) is 4.68 Å². The van der Waals surface area contributed by atoms with Crippen molar-refractivity contribution in [3.63, 3.8) is 0 Å². The van der Waals surface area contributed by atoms with Gasteiger partial charge in [-0.15, -0.1) is 0 Å². The van der Waals surface area contributed by atoms with Gasteiger partial charge in [0.15, 0.2) is 0 Å². The number of nitrogens with one attached hydrogen (secondary N) is 1. The number of benzene rings is 2. The number of amides is 2. The van der Waals surface area contributed by atoms with E-state index in [2.05, 4.69) is 10.4 Å². The van der Waals surface area contributed by atoms with Gasteiger partial charge in [-0.25, -0.2) is 9.18 Å². The van der Waals surface area contributed by atoms with Crippen LogP contribution in [0.25, 0.3) is 11.1 Å². The summed E-state index contributed by atoms with van der Waals surface area (Å²) in [4.78, 5) is 14.3. The molecule has 3 aromatic rings. The van der Waals surface area contributed by atoms with Gasteiger partial charge in [-0.2, -0.15) is 5.10 Å². The summed E-state index contributed by atoms with van der Waals surface area (Å²) in [5.41, 5.74) is 3.37.